The minimum atomic E-state index is -0.526. The fourth-order valence-electron chi connectivity index (χ4n) is 4.46. The molecule has 3 aromatic heterocycles. The second kappa shape index (κ2) is 8.54. The van der Waals surface area contributed by atoms with Gasteiger partial charge in [-0.3, -0.25) is 4.79 Å². The quantitative estimate of drug-likeness (QED) is 0.491. The topological polar surface area (TPSA) is 101 Å². The number of aryl methyl sites for hydroxylation is 1. The van der Waals surface area contributed by atoms with Gasteiger partial charge in [0.25, 0.3) is 5.91 Å². The molecule has 5 rings (SSSR count). The Labute approximate surface area is 192 Å². The van der Waals surface area contributed by atoms with Gasteiger partial charge in [0.05, 0.1) is 16.8 Å². The summed E-state index contributed by atoms with van der Waals surface area (Å²) in [5.41, 5.74) is 10.5. The summed E-state index contributed by atoms with van der Waals surface area (Å²) >= 11 is 0. The minimum Gasteiger partial charge on any atom is -0.366 e. The van der Waals surface area contributed by atoms with Crippen LogP contribution in [0.3, 0.4) is 0 Å². The largest absolute Gasteiger partial charge is 0.366 e. The van der Waals surface area contributed by atoms with Gasteiger partial charge in [0.15, 0.2) is 5.82 Å². The zero-order chi connectivity index (χ0) is 22.9. The first-order valence-electron chi connectivity index (χ1n) is 11.2. The Morgan fingerprint density at radius 3 is 2.70 bits per heavy atom. The van der Waals surface area contributed by atoms with Crippen LogP contribution in [-0.2, 0) is 13.0 Å². The van der Waals surface area contributed by atoms with Gasteiger partial charge < -0.3 is 16.0 Å². The third-order valence-electron chi connectivity index (χ3n) is 6.13. The van der Waals surface area contributed by atoms with E-state index >= 15 is 0 Å². The fourth-order valence-corrected chi connectivity index (χ4v) is 4.46. The normalized spacial score (nSPS) is 13.6. The predicted octanol–water partition coefficient (Wildman–Crippen LogP) is 3.58. The number of hydrogen-bond acceptors (Lipinski definition) is 6. The summed E-state index contributed by atoms with van der Waals surface area (Å²) in [6.45, 7) is 3.52. The van der Waals surface area contributed by atoms with E-state index in [1.807, 2.05) is 37.3 Å². The van der Waals surface area contributed by atoms with E-state index in [4.69, 9.17) is 15.7 Å². The van der Waals surface area contributed by atoms with Gasteiger partial charge in [0.2, 0.25) is 0 Å². The van der Waals surface area contributed by atoms with Gasteiger partial charge in [0.1, 0.15) is 17.3 Å². The number of carbonyl (C=O) groups excluding carboxylic acids is 1. The van der Waals surface area contributed by atoms with Gasteiger partial charge in [-0.25, -0.2) is 14.5 Å². The van der Waals surface area contributed by atoms with Crippen molar-refractivity contribution in [3.63, 3.8) is 0 Å². The molecular weight excluding hydrogens is 414 g/mol. The molecule has 1 aromatic carbocycles. The Morgan fingerprint density at radius 1 is 1.09 bits per heavy atom. The number of amides is 1. The number of nitrogens with zero attached hydrogens (tertiary/aromatic N) is 5. The highest BCUT2D eigenvalue weighted by Crippen LogP contribution is 2.34. The average Bonchev–Trinajstić information content (AvgIpc) is 3.04. The fraction of sp³-hybridized carbons (Fsp3) is 0.280. The van der Waals surface area contributed by atoms with Crippen molar-refractivity contribution in [1.29, 1.82) is 0 Å². The van der Waals surface area contributed by atoms with Crippen molar-refractivity contribution >= 4 is 23.1 Å². The van der Waals surface area contributed by atoms with Crippen molar-refractivity contribution in [2.24, 2.45) is 5.73 Å². The van der Waals surface area contributed by atoms with Crippen LogP contribution >= 0.6 is 0 Å². The highest BCUT2D eigenvalue weighted by Gasteiger charge is 2.24. The predicted molar refractivity (Wildman–Crippen MR) is 129 cm³/mol. The lowest BCUT2D eigenvalue weighted by Gasteiger charge is -2.21. The SMILES string of the molecule is Cc1nn2c(C(N)=O)cccc2c1-c1nc(NCc2ccccc2)c2c(n1)N(C)CCCC2. The molecular formula is C25H27N7O. The first-order chi connectivity index (χ1) is 16.0. The van der Waals surface area contributed by atoms with Gasteiger partial charge in [-0.2, -0.15) is 5.10 Å². The van der Waals surface area contributed by atoms with Crippen molar-refractivity contribution in [3.8, 4) is 11.4 Å². The average molecular weight is 442 g/mol. The first-order valence-corrected chi connectivity index (χ1v) is 11.2. The zero-order valence-corrected chi connectivity index (χ0v) is 18.9. The molecule has 0 atom stereocenters. The molecule has 0 aliphatic carbocycles. The summed E-state index contributed by atoms with van der Waals surface area (Å²) in [6, 6.07) is 15.7. The van der Waals surface area contributed by atoms with E-state index in [-0.39, 0.29) is 0 Å². The van der Waals surface area contributed by atoms with Crippen molar-refractivity contribution in [2.45, 2.75) is 32.7 Å². The monoisotopic (exact) mass is 441 g/mol. The van der Waals surface area contributed by atoms with Gasteiger partial charge in [-0.15, -0.1) is 0 Å². The highest BCUT2D eigenvalue weighted by molar-refractivity contribution is 5.93. The second-order valence-electron chi connectivity index (χ2n) is 8.45. The van der Waals surface area contributed by atoms with E-state index in [0.717, 1.165) is 59.8 Å². The Balaban J connectivity index is 1.66. The molecule has 0 radical (unpaired) electrons. The van der Waals surface area contributed by atoms with E-state index in [0.29, 0.717) is 18.1 Å². The Kier molecular flexibility index (Phi) is 5.42. The van der Waals surface area contributed by atoms with Crippen LogP contribution in [0.5, 0.6) is 0 Å². The lowest BCUT2D eigenvalue weighted by molar-refractivity contribution is 0.0993. The van der Waals surface area contributed by atoms with Crippen LogP contribution in [0.1, 0.15) is 40.2 Å². The zero-order valence-electron chi connectivity index (χ0n) is 18.9. The molecule has 0 saturated heterocycles. The Bertz CT molecular complexity index is 1330. The van der Waals surface area contributed by atoms with Crippen LogP contribution in [0, 0.1) is 6.92 Å². The number of anilines is 2. The standard InChI is InChI=1S/C25H27N7O/c1-16-21(19-12-8-13-20(22(26)33)32(19)30-16)24-28-23(27-15-17-9-4-3-5-10-17)18-11-6-7-14-31(2)25(18)29-24/h3-5,8-10,12-13H,6-7,11,14-15H2,1-2H3,(H2,26,33)(H,27,28,29). The van der Waals surface area contributed by atoms with Gasteiger partial charge in [-0.1, -0.05) is 36.4 Å². The van der Waals surface area contributed by atoms with Crippen molar-refractivity contribution in [3.05, 3.63) is 71.0 Å². The van der Waals surface area contributed by atoms with Crippen LogP contribution in [0.15, 0.2) is 48.5 Å². The number of nitrogens with two attached hydrogens (primary N) is 1. The van der Waals surface area contributed by atoms with E-state index in [9.17, 15) is 4.79 Å². The molecule has 1 amide bonds. The minimum absolute atomic E-state index is 0.330. The summed E-state index contributed by atoms with van der Waals surface area (Å²) in [4.78, 5) is 24.1. The van der Waals surface area contributed by atoms with Gasteiger partial charge in [-0.05, 0) is 43.9 Å². The maximum atomic E-state index is 11.9. The lowest BCUT2D eigenvalue weighted by atomic mass is 10.1. The summed E-state index contributed by atoms with van der Waals surface area (Å²) in [5, 5.41) is 8.14. The number of fused-ring (bicyclic) bond motifs is 2. The maximum Gasteiger partial charge on any atom is 0.267 e. The molecule has 0 unspecified atom stereocenters. The molecule has 0 fully saturated rings. The van der Waals surface area contributed by atoms with Crippen LogP contribution in [0.25, 0.3) is 16.9 Å². The van der Waals surface area contributed by atoms with Crippen LogP contribution in [0.4, 0.5) is 11.6 Å². The molecule has 0 bridgehead atoms. The molecule has 0 saturated carbocycles. The molecule has 4 heterocycles. The molecule has 8 heteroatoms. The van der Waals surface area contributed by atoms with Crippen LogP contribution < -0.4 is 16.0 Å². The Morgan fingerprint density at radius 2 is 1.91 bits per heavy atom. The number of aromatic nitrogens is 4. The first kappa shape index (κ1) is 20.9. The number of hydrogen-bond donors (Lipinski definition) is 2. The molecule has 4 aromatic rings. The number of carbonyl (C=O) groups is 1. The molecule has 1 aliphatic rings. The number of rotatable bonds is 5. The van der Waals surface area contributed by atoms with E-state index in [2.05, 4.69) is 34.5 Å². The summed E-state index contributed by atoms with van der Waals surface area (Å²) in [5.74, 6) is 1.85. The smallest absolute Gasteiger partial charge is 0.267 e. The van der Waals surface area contributed by atoms with Gasteiger partial charge in [0, 0.05) is 25.7 Å². The number of pyridine rings is 1. The van der Waals surface area contributed by atoms with Crippen LogP contribution in [-0.4, -0.2) is 39.1 Å². The second-order valence-corrected chi connectivity index (χ2v) is 8.45. The molecule has 3 N–H and O–H groups in total. The van der Waals surface area contributed by atoms with Crippen molar-refractivity contribution in [2.75, 3.05) is 23.8 Å². The summed E-state index contributed by atoms with van der Waals surface area (Å²) in [7, 11) is 2.08. The summed E-state index contributed by atoms with van der Waals surface area (Å²) < 4.78 is 1.59. The Hall–Kier alpha value is -3.94. The van der Waals surface area contributed by atoms with Crippen molar-refractivity contribution in [1.82, 2.24) is 19.6 Å². The highest BCUT2D eigenvalue weighted by atomic mass is 16.1. The molecule has 33 heavy (non-hydrogen) atoms. The van der Waals surface area contributed by atoms with E-state index in [1.54, 1.807) is 10.6 Å². The summed E-state index contributed by atoms with van der Waals surface area (Å²) in [6.07, 6.45) is 3.13. The van der Waals surface area contributed by atoms with Crippen molar-refractivity contribution < 1.29 is 4.79 Å². The molecule has 0 spiro atoms. The lowest BCUT2D eigenvalue weighted by Crippen LogP contribution is -2.20. The van der Waals surface area contributed by atoms with E-state index in [1.165, 1.54) is 5.56 Å². The van der Waals surface area contributed by atoms with Gasteiger partial charge >= 0.3 is 0 Å². The molecule has 1 aliphatic heterocycles. The molecule has 8 nitrogen and oxygen atoms in total. The van der Waals surface area contributed by atoms with Crippen LogP contribution in [0.2, 0.25) is 0 Å². The van der Waals surface area contributed by atoms with E-state index < -0.39 is 5.91 Å². The third-order valence-corrected chi connectivity index (χ3v) is 6.13. The number of primary amides is 1. The number of benzene rings is 1. The molecule has 168 valence electrons. The third kappa shape index (κ3) is 3.88. The maximum absolute atomic E-state index is 11.9. The number of nitrogens with one attached hydrogen (secondary N) is 1.